The maximum absolute atomic E-state index is 12.1. The van der Waals surface area contributed by atoms with Gasteiger partial charge in [0.15, 0.2) is 0 Å². The molecule has 0 spiro atoms. The van der Waals surface area contributed by atoms with Crippen molar-refractivity contribution in [2.75, 3.05) is 6.67 Å². The van der Waals surface area contributed by atoms with Gasteiger partial charge in [0.1, 0.15) is 0 Å². The van der Waals surface area contributed by atoms with Crippen LogP contribution < -0.4 is 0 Å². The van der Waals surface area contributed by atoms with Crippen LogP contribution in [0.4, 0.5) is 4.39 Å². The molecule has 0 aliphatic heterocycles. The van der Waals surface area contributed by atoms with Crippen molar-refractivity contribution in [1.29, 1.82) is 0 Å². The number of benzene rings is 1. The number of hydrogen-bond acceptors (Lipinski definition) is 1. The maximum atomic E-state index is 12.1. The van der Waals surface area contributed by atoms with Gasteiger partial charge in [-0.1, -0.05) is 31.2 Å². The summed E-state index contributed by atoms with van der Waals surface area (Å²) in [6.07, 6.45) is 0.894. The van der Waals surface area contributed by atoms with E-state index in [1.807, 2.05) is 24.3 Å². The van der Waals surface area contributed by atoms with E-state index in [1.54, 1.807) is 6.92 Å². The third kappa shape index (κ3) is 3.70. The maximum Gasteiger partial charge on any atom is 0.306 e. The van der Waals surface area contributed by atoms with Crippen molar-refractivity contribution in [3.63, 3.8) is 0 Å². The molecule has 1 unspecified atom stereocenters. The fourth-order valence-corrected chi connectivity index (χ4v) is 1.46. The minimum Gasteiger partial charge on any atom is -0.481 e. The van der Waals surface area contributed by atoms with Crippen LogP contribution in [-0.4, -0.2) is 17.8 Å². The highest BCUT2D eigenvalue weighted by atomic mass is 19.1. The minimum atomic E-state index is -0.800. The van der Waals surface area contributed by atoms with Crippen LogP contribution in [0.2, 0.25) is 0 Å². The first-order valence-electron chi connectivity index (χ1n) is 5.00. The second kappa shape index (κ2) is 5.49. The molecule has 1 rings (SSSR count). The zero-order valence-electron chi connectivity index (χ0n) is 8.74. The highest BCUT2D eigenvalue weighted by Gasteiger charge is 2.11. The molecule has 0 aliphatic carbocycles. The predicted octanol–water partition coefficient (Wildman–Crippen LogP) is 2.46. The Kier molecular flexibility index (Phi) is 4.28. The fourth-order valence-electron chi connectivity index (χ4n) is 1.46. The number of hydrogen-bond donors (Lipinski definition) is 1. The third-order valence-electron chi connectivity index (χ3n) is 2.34. The minimum absolute atomic E-state index is 0.377. The summed E-state index contributed by atoms with van der Waals surface area (Å²) < 4.78 is 12.1. The zero-order chi connectivity index (χ0) is 11.3. The van der Waals surface area contributed by atoms with Gasteiger partial charge in [0.05, 0.1) is 12.6 Å². The Morgan fingerprint density at radius 1 is 1.47 bits per heavy atom. The van der Waals surface area contributed by atoms with Crippen molar-refractivity contribution in [1.82, 2.24) is 0 Å². The zero-order valence-corrected chi connectivity index (χ0v) is 8.74. The molecule has 0 saturated carbocycles. The van der Waals surface area contributed by atoms with Gasteiger partial charge in [0.2, 0.25) is 0 Å². The lowest BCUT2D eigenvalue weighted by atomic mass is 9.99. The van der Waals surface area contributed by atoms with E-state index in [-0.39, 0.29) is 6.67 Å². The molecule has 1 atom stereocenters. The molecule has 0 heterocycles. The molecule has 0 saturated heterocycles. The molecular formula is C12H15FO2. The van der Waals surface area contributed by atoms with E-state index >= 15 is 0 Å². The van der Waals surface area contributed by atoms with Gasteiger partial charge in [0, 0.05) is 6.42 Å². The monoisotopic (exact) mass is 210 g/mol. The van der Waals surface area contributed by atoms with E-state index in [4.69, 9.17) is 5.11 Å². The number of carbonyl (C=O) groups is 1. The summed E-state index contributed by atoms with van der Waals surface area (Å²) in [5.41, 5.74) is 1.88. The predicted molar refractivity (Wildman–Crippen MR) is 56.6 cm³/mol. The molecule has 1 N–H and O–H groups in total. The van der Waals surface area contributed by atoms with Crippen molar-refractivity contribution in [3.05, 3.63) is 35.4 Å². The molecule has 15 heavy (non-hydrogen) atoms. The summed E-state index contributed by atoms with van der Waals surface area (Å²) in [6.45, 7) is 1.29. The van der Waals surface area contributed by atoms with Crippen molar-refractivity contribution < 1.29 is 14.3 Å². The molecule has 0 aliphatic rings. The van der Waals surface area contributed by atoms with Crippen LogP contribution in [0.1, 0.15) is 18.1 Å². The van der Waals surface area contributed by atoms with Crippen molar-refractivity contribution >= 4 is 5.97 Å². The van der Waals surface area contributed by atoms with Crippen LogP contribution >= 0.6 is 0 Å². The molecule has 2 nitrogen and oxygen atoms in total. The number of carboxylic acid groups (broad SMARTS) is 1. The molecule has 0 bridgehead atoms. The third-order valence-corrected chi connectivity index (χ3v) is 2.34. The van der Waals surface area contributed by atoms with Gasteiger partial charge in [-0.3, -0.25) is 9.18 Å². The Balaban J connectivity index is 2.68. The second-order valence-electron chi connectivity index (χ2n) is 3.70. The number of carboxylic acids is 1. The first kappa shape index (κ1) is 11.7. The normalized spacial score (nSPS) is 12.4. The Bertz CT molecular complexity index is 336. The van der Waals surface area contributed by atoms with Gasteiger partial charge in [-0.05, 0) is 17.5 Å². The van der Waals surface area contributed by atoms with Crippen LogP contribution in [0.5, 0.6) is 0 Å². The fraction of sp³-hybridized carbons (Fsp3) is 0.417. The number of halogens is 1. The Labute approximate surface area is 88.7 Å². The summed E-state index contributed by atoms with van der Waals surface area (Å²) in [5.74, 6) is -1.20. The van der Waals surface area contributed by atoms with E-state index in [1.165, 1.54) is 0 Å². The van der Waals surface area contributed by atoms with E-state index < -0.39 is 11.9 Å². The van der Waals surface area contributed by atoms with Gasteiger partial charge in [0.25, 0.3) is 0 Å². The lowest BCUT2D eigenvalue weighted by Gasteiger charge is -2.07. The lowest BCUT2D eigenvalue weighted by molar-refractivity contribution is -0.141. The molecule has 1 aromatic carbocycles. The van der Waals surface area contributed by atoms with Gasteiger partial charge >= 0.3 is 5.97 Å². The molecule has 0 radical (unpaired) electrons. The number of rotatable bonds is 5. The van der Waals surface area contributed by atoms with Gasteiger partial charge in [-0.2, -0.15) is 0 Å². The molecule has 0 amide bonds. The SMILES string of the molecule is CC(Cc1cccc(CCF)c1)C(=O)O. The lowest BCUT2D eigenvalue weighted by Crippen LogP contribution is -2.12. The number of aliphatic carboxylic acids is 1. The molecule has 0 aromatic heterocycles. The summed E-state index contributed by atoms with van der Waals surface area (Å²) in [7, 11) is 0. The average Bonchev–Trinajstić information content (AvgIpc) is 2.18. The Hall–Kier alpha value is -1.38. The van der Waals surface area contributed by atoms with E-state index in [0.29, 0.717) is 12.8 Å². The van der Waals surface area contributed by atoms with Crippen LogP contribution in [0.15, 0.2) is 24.3 Å². The van der Waals surface area contributed by atoms with Gasteiger partial charge in [-0.15, -0.1) is 0 Å². The van der Waals surface area contributed by atoms with Crippen LogP contribution in [0, 0.1) is 5.92 Å². The summed E-state index contributed by atoms with van der Waals surface area (Å²) in [6, 6.07) is 7.45. The highest BCUT2D eigenvalue weighted by molar-refractivity contribution is 5.69. The smallest absolute Gasteiger partial charge is 0.306 e. The molecule has 0 fully saturated rings. The molecule has 82 valence electrons. The van der Waals surface area contributed by atoms with E-state index in [2.05, 4.69) is 0 Å². The highest BCUT2D eigenvalue weighted by Crippen LogP contribution is 2.11. The average molecular weight is 210 g/mol. The van der Waals surface area contributed by atoms with Gasteiger partial charge in [-0.25, -0.2) is 0 Å². The number of aryl methyl sites for hydroxylation is 1. The van der Waals surface area contributed by atoms with Crippen molar-refractivity contribution in [3.8, 4) is 0 Å². The van der Waals surface area contributed by atoms with E-state index in [0.717, 1.165) is 11.1 Å². The van der Waals surface area contributed by atoms with Crippen molar-refractivity contribution in [2.24, 2.45) is 5.92 Å². The van der Waals surface area contributed by atoms with Crippen molar-refractivity contribution in [2.45, 2.75) is 19.8 Å². The van der Waals surface area contributed by atoms with Gasteiger partial charge < -0.3 is 5.11 Å². The standard InChI is InChI=1S/C12H15FO2/c1-9(12(14)15)7-11-4-2-3-10(8-11)5-6-13/h2-4,8-9H,5-7H2,1H3,(H,14,15). The van der Waals surface area contributed by atoms with Crippen LogP contribution in [-0.2, 0) is 17.6 Å². The Morgan fingerprint density at radius 2 is 2.13 bits per heavy atom. The molecular weight excluding hydrogens is 195 g/mol. The summed E-state index contributed by atoms with van der Waals surface area (Å²) in [5, 5.41) is 8.76. The summed E-state index contributed by atoms with van der Waals surface area (Å²) >= 11 is 0. The molecule has 3 heteroatoms. The van der Waals surface area contributed by atoms with E-state index in [9.17, 15) is 9.18 Å². The first-order chi connectivity index (χ1) is 7.13. The second-order valence-corrected chi connectivity index (χ2v) is 3.70. The summed E-state index contributed by atoms with van der Waals surface area (Å²) in [4.78, 5) is 10.7. The first-order valence-corrected chi connectivity index (χ1v) is 5.00. The van der Waals surface area contributed by atoms with Crippen LogP contribution in [0.3, 0.4) is 0 Å². The largest absolute Gasteiger partial charge is 0.481 e. The Morgan fingerprint density at radius 3 is 2.73 bits per heavy atom. The number of alkyl halides is 1. The quantitative estimate of drug-likeness (QED) is 0.810. The van der Waals surface area contributed by atoms with Crippen LogP contribution in [0.25, 0.3) is 0 Å². The topological polar surface area (TPSA) is 37.3 Å². The molecule has 1 aromatic rings.